The van der Waals surface area contributed by atoms with Gasteiger partial charge in [0.05, 0.1) is 11.9 Å². The van der Waals surface area contributed by atoms with Gasteiger partial charge in [0.2, 0.25) is 0 Å². The highest BCUT2D eigenvalue weighted by molar-refractivity contribution is 7.10. The second kappa shape index (κ2) is 6.07. The highest BCUT2D eigenvalue weighted by Crippen LogP contribution is 2.19. The maximum absolute atomic E-state index is 12.8. The lowest BCUT2D eigenvalue weighted by Crippen LogP contribution is -2.21. The van der Waals surface area contributed by atoms with Crippen LogP contribution in [0.5, 0.6) is 0 Å². The lowest BCUT2D eigenvalue weighted by molar-refractivity contribution is 0.506. The largest absolute Gasteiger partial charge is 0.304 e. The summed E-state index contributed by atoms with van der Waals surface area (Å²) in [6.45, 7) is 5.05. The first-order valence-electron chi connectivity index (χ1n) is 6.08. The number of aryl methyl sites for hydroxylation is 1. The molecule has 1 atom stereocenters. The monoisotopic (exact) mass is 264 g/mol. The Morgan fingerprint density at radius 2 is 2.22 bits per heavy atom. The van der Waals surface area contributed by atoms with Crippen molar-refractivity contribution in [1.82, 2.24) is 10.3 Å². The fourth-order valence-electron chi connectivity index (χ4n) is 1.85. The van der Waals surface area contributed by atoms with Gasteiger partial charge in [0.1, 0.15) is 5.82 Å². The van der Waals surface area contributed by atoms with Crippen LogP contribution in [0.15, 0.2) is 29.8 Å². The van der Waals surface area contributed by atoms with Crippen molar-refractivity contribution in [3.8, 4) is 0 Å². The predicted octanol–water partition coefficient (Wildman–Crippen LogP) is 3.83. The fourth-order valence-corrected chi connectivity index (χ4v) is 2.71. The Labute approximate surface area is 111 Å². The number of hydrogen-bond donors (Lipinski definition) is 1. The minimum absolute atomic E-state index is 0.173. The molecule has 2 aromatic rings. The number of nitrogens with zero attached hydrogens (tertiary/aromatic N) is 1. The number of thiophene rings is 1. The number of aromatic nitrogens is 1. The van der Waals surface area contributed by atoms with E-state index in [1.165, 1.54) is 22.7 Å². The first-order chi connectivity index (χ1) is 8.70. The molecule has 96 valence electrons. The van der Waals surface area contributed by atoms with Crippen molar-refractivity contribution in [3.63, 3.8) is 0 Å². The van der Waals surface area contributed by atoms with Gasteiger partial charge in [-0.1, -0.05) is 6.92 Å². The van der Waals surface area contributed by atoms with E-state index in [0.717, 1.165) is 18.7 Å². The Balaban J connectivity index is 2.01. The van der Waals surface area contributed by atoms with Crippen molar-refractivity contribution in [2.24, 2.45) is 0 Å². The summed E-state index contributed by atoms with van der Waals surface area (Å²) in [5, 5.41) is 5.57. The van der Waals surface area contributed by atoms with Crippen LogP contribution in [-0.4, -0.2) is 4.98 Å². The van der Waals surface area contributed by atoms with Crippen LogP contribution < -0.4 is 5.32 Å². The Morgan fingerprint density at radius 1 is 1.39 bits per heavy atom. The molecule has 2 aromatic heterocycles. The van der Waals surface area contributed by atoms with E-state index in [4.69, 9.17) is 0 Å². The molecule has 18 heavy (non-hydrogen) atoms. The van der Waals surface area contributed by atoms with Gasteiger partial charge in [-0.3, -0.25) is 4.98 Å². The van der Waals surface area contributed by atoms with Gasteiger partial charge in [-0.2, -0.15) is 0 Å². The maximum atomic E-state index is 12.8. The topological polar surface area (TPSA) is 24.9 Å². The summed E-state index contributed by atoms with van der Waals surface area (Å²) in [4.78, 5) is 5.48. The molecule has 0 radical (unpaired) electrons. The summed E-state index contributed by atoms with van der Waals surface area (Å²) in [5.74, 6) is -0.289. The van der Waals surface area contributed by atoms with E-state index in [2.05, 4.69) is 35.6 Å². The van der Waals surface area contributed by atoms with E-state index in [-0.39, 0.29) is 11.9 Å². The Hall–Kier alpha value is -1.26. The van der Waals surface area contributed by atoms with Crippen molar-refractivity contribution >= 4 is 11.3 Å². The summed E-state index contributed by atoms with van der Waals surface area (Å²) in [5.41, 5.74) is 2.21. The quantitative estimate of drug-likeness (QED) is 0.887. The van der Waals surface area contributed by atoms with E-state index in [9.17, 15) is 4.39 Å². The van der Waals surface area contributed by atoms with Gasteiger partial charge in [0.25, 0.3) is 0 Å². The van der Waals surface area contributed by atoms with Gasteiger partial charge in [0, 0.05) is 17.5 Å². The number of hydrogen-bond acceptors (Lipinski definition) is 3. The first-order valence-corrected chi connectivity index (χ1v) is 6.96. The number of nitrogens with one attached hydrogen (secondary N) is 1. The highest BCUT2D eigenvalue weighted by atomic mass is 32.1. The molecule has 0 amide bonds. The van der Waals surface area contributed by atoms with Crippen LogP contribution in [0.1, 0.15) is 35.5 Å². The predicted molar refractivity (Wildman–Crippen MR) is 73.1 cm³/mol. The standard InChI is InChI=1S/C14H17FN2S/c1-3-12(13-5-4-11(15)8-16-13)17-9-14-10(2)6-7-18-14/h4-8,12,17H,3,9H2,1-2H3. The highest BCUT2D eigenvalue weighted by Gasteiger charge is 2.11. The second-order valence-corrected chi connectivity index (χ2v) is 5.27. The van der Waals surface area contributed by atoms with Crippen molar-refractivity contribution in [3.05, 3.63) is 51.7 Å². The molecule has 0 bridgehead atoms. The Morgan fingerprint density at radius 3 is 2.78 bits per heavy atom. The van der Waals surface area contributed by atoms with Crippen LogP contribution in [0.2, 0.25) is 0 Å². The molecule has 0 spiro atoms. The lowest BCUT2D eigenvalue weighted by Gasteiger charge is -2.16. The molecule has 1 N–H and O–H groups in total. The molecule has 2 nitrogen and oxygen atoms in total. The third-order valence-electron chi connectivity index (χ3n) is 2.99. The van der Waals surface area contributed by atoms with E-state index >= 15 is 0 Å². The van der Waals surface area contributed by atoms with Crippen LogP contribution >= 0.6 is 11.3 Å². The van der Waals surface area contributed by atoms with Gasteiger partial charge in [-0.05, 0) is 42.5 Å². The first kappa shape index (κ1) is 13.2. The third kappa shape index (κ3) is 3.15. The lowest BCUT2D eigenvalue weighted by atomic mass is 10.1. The third-order valence-corrected chi connectivity index (χ3v) is 4.02. The molecule has 0 aromatic carbocycles. The average Bonchev–Trinajstić information content (AvgIpc) is 2.78. The van der Waals surface area contributed by atoms with Crippen LogP contribution in [0.3, 0.4) is 0 Å². The molecule has 2 rings (SSSR count). The van der Waals surface area contributed by atoms with Gasteiger partial charge in [-0.15, -0.1) is 11.3 Å². The molecular formula is C14H17FN2S. The summed E-state index contributed by atoms with van der Waals surface area (Å²) >= 11 is 1.76. The molecule has 2 heterocycles. The molecule has 0 saturated heterocycles. The zero-order valence-electron chi connectivity index (χ0n) is 10.6. The van der Waals surface area contributed by atoms with E-state index in [1.54, 1.807) is 17.4 Å². The average molecular weight is 264 g/mol. The molecule has 0 aliphatic heterocycles. The van der Waals surface area contributed by atoms with Crippen molar-refractivity contribution < 1.29 is 4.39 Å². The summed E-state index contributed by atoms with van der Waals surface area (Å²) in [7, 11) is 0. The maximum Gasteiger partial charge on any atom is 0.141 e. The van der Waals surface area contributed by atoms with E-state index < -0.39 is 0 Å². The fraction of sp³-hybridized carbons (Fsp3) is 0.357. The number of pyridine rings is 1. The van der Waals surface area contributed by atoms with E-state index in [1.807, 2.05) is 0 Å². The molecule has 0 saturated carbocycles. The zero-order chi connectivity index (χ0) is 13.0. The normalized spacial score (nSPS) is 12.6. The minimum atomic E-state index is -0.289. The molecular weight excluding hydrogens is 247 g/mol. The zero-order valence-corrected chi connectivity index (χ0v) is 11.4. The van der Waals surface area contributed by atoms with Crippen LogP contribution in [0, 0.1) is 12.7 Å². The molecule has 0 aliphatic carbocycles. The number of rotatable bonds is 5. The summed E-state index contributed by atoms with van der Waals surface area (Å²) in [6.07, 6.45) is 2.21. The van der Waals surface area contributed by atoms with Gasteiger partial charge >= 0.3 is 0 Å². The molecule has 4 heteroatoms. The minimum Gasteiger partial charge on any atom is -0.304 e. The smallest absolute Gasteiger partial charge is 0.141 e. The SMILES string of the molecule is CCC(NCc1sccc1C)c1ccc(F)cn1. The van der Waals surface area contributed by atoms with Gasteiger partial charge in [0.15, 0.2) is 0 Å². The molecule has 0 aliphatic rings. The van der Waals surface area contributed by atoms with Crippen LogP contribution in [-0.2, 0) is 6.54 Å². The molecule has 0 fully saturated rings. The number of halogens is 1. The van der Waals surface area contributed by atoms with Crippen LogP contribution in [0.4, 0.5) is 4.39 Å². The molecule has 1 unspecified atom stereocenters. The Bertz CT molecular complexity index is 493. The van der Waals surface area contributed by atoms with Gasteiger partial charge < -0.3 is 5.32 Å². The van der Waals surface area contributed by atoms with Gasteiger partial charge in [-0.25, -0.2) is 4.39 Å². The van der Waals surface area contributed by atoms with E-state index in [0.29, 0.717) is 0 Å². The van der Waals surface area contributed by atoms with Crippen molar-refractivity contribution in [2.45, 2.75) is 32.9 Å². The van der Waals surface area contributed by atoms with Crippen molar-refractivity contribution in [1.29, 1.82) is 0 Å². The summed E-state index contributed by atoms with van der Waals surface area (Å²) < 4.78 is 12.8. The van der Waals surface area contributed by atoms with Crippen molar-refractivity contribution in [2.75, 3.05) is 0 Å². The Kier molecular flexibility index (Phi) is 4.44. The second-order valence-electron chi connectivity index (χ2n) is 4.27. The van der Waals surface area contributed by atoms with Crippen LogP contribution in [0.25, 0.3) is 0 Å². The summed E-state index contributed by atoms with van der Waals surface area (Å²) in [6, 6.07) is 5.51.